The molecule has 132 valence electrons. The van der Waals surface area contributed by atoms with E-state index < -0.39 is 10.0 Å². The van der Waals surface area contributed by atoms with E-state index >= 15 is 0 Å². The van der Waals surface area contributed by atoms with Crippen LogP contribution in [0.2, 0.25) is 0 Å². The molecule has 1 saturated heterocycles. The Labute approximate surface area is 144 Å². The number of benzene rings is 1. The molecule has 1 atom stereocenters. The normalized spacial score (nSPS) is 19.0. The first-order valence-electron chi connectivity index (χ1n) is 7.34. The Bertz CT molecular complexity index is 637. The number of rotatable bonds is 5. The number of halogens is 1. The number of hydrogen-bond acceptors (Lipinski definition) is 5. The molecule has 1 aliphatic heterocycles. The molecular formula is C15H25ClN2O4S. The molecule has 8 heteroatoms. The van der Waals surface area contributed by atoms with E-state index in [1.54, 1.807) is 23.4 Å². The molecule has 0 radical (unpaired) electrons. The van der Waals surface area contributed by atoms with Gasteiger partial charge in [-0.1, -0.05) is 0 Å². The topological polar surface area (TPSA) is 67.9 Å². The molecular weight excluding hydrogens is 340 g/mol. The predicted octanol–water partition coefficient (Wildman–Crippen LogP) is 1.81. The number of sulfonamides is 1. The minimum absolute atomic E-state index is 0. The highest BCUT2D eigenvalue weighted by molar-refractivity contribution is 7.89. The van der Waals surface area contributed by atoms with E-state index in [2.05, 4.69) is 5.32 Å². The molecule has 1 fully saturated rings. The van der Waals surface area contributed by atoms with Gasteiger partial charge in [-0.2, -0.15) is 4.31 Å². The van der Waals surface area contributed by atoms with Crippen molar-refractivity contribution in [1.82, 2.24) is 9.62 Å². The number of hydrogen-bond donors (Lipinski definition) is 1. The lowest BCUT2D eigenvalue weighted by Gasteiger charge is -2.32. The van der Waals surface area contributed by atoms with Crippen LogP contribution in [0.1, 0.15) is 18.4 Å². The van der Waals surface area contributed by atoms with Crippen LogP contribution in [0.3, 0.4) is 0 Å². The summed E-state index contributed by atoms with van der Waals surface area (Å²) < 4.78 is 37.9. The lowest BCUT2D eigenvalue weighted by Crippen LogP contribution is -2.46. The number of ether oxygens (including phenoxy) is 2. The van der Waals surface area contributed by atoms with Crippen molar-refractivity contribution in [3.63, 3.8) is 0 Å². The van der Waals surface area contributed by atoms with Crippen molar-refractivity contribution >= 4 is 22.4 Å². The maximum absolute atomic E-state index is 12.9. The summed E-state index contributed by atoms with van der Waals surface area (Å²) in [4.78, 5) is 0.280. The second kappa shape index (κ2) is 8.19. The van der Waals surface area contributed by atoms with Gasteiger partial charge in [0, 0.05) is 25.2 Å². The van der Waals surface area contributed by atoms with Gasteiger partial charge in [-0.3, -0.25) is 0 Å². The Morgan fingerprint density at radius 2 is 1.83 bits per heavy atom. The molecule has 1 heterocycles. The molecule has 1 aliphatic rings. The van der Waals surface area contributed by atoms with Gasteiger partial charge in [0.15, 0.2) is 11.5 Å². The van der Waals surface area contributed by atoms with Crippen LogP contribution in [0.15, 0.2) is 17.0 Å². The summed E-state index contributed by atoms with van der Waals surface area (Å²) >= 11 is 0. The van der Waals surface area contributed by atoms with E-state index in [0.29, 0.717) is 30.2 Å². The van der Waals surface area contributed by atoms with E-state index in [-0.39, 0.29) is 23.3 Å². The van der Waals surface area contributed by atoms with Gasteiger partial charge >= 0.3 is 0 Å². The van der Waals surface area contributed by atoms with Gasteiger partial charge in [0.05, 0.1) is 19.1 Å². The average molecular weight is 365 g/mol. The minimum atomic E-state index is -3.54. The van der Waals surface area contributed by atoms with Crippen molar-refractivity contribution < 1.29 is 17.9 Å². The second-order valence-corrected chi connectivity index (χ2v) is 7.37. The molecule has 1 N–H and O–H groups in total. The molecule has 0 aliphatic carbocycles. The van der Waals surface area contributed by atoms with Gasteiger partial charge in [-0.25, -0.2) is 8.42 Å². The number of likely N-dealkylation sites (N-methyl/N-ethyl adjacent to an activating group) is 1. The Morgan fingerprint density at radius 1 is 1.22 bits per heavy atom. The van der Waals surface area contributed by atoms with Crippen molar-refractivity contribution in [3.05, 3.63) is 17.7 Å². The summed E-state index contributed by atoms with van der Waals surface area (Å²) in [6.45, 7) is 2.81. The van der Waals surface area contributed by atoms with Crippen molar-refractivity contribution in [2.45, 2.75) is 30.7 Å². The third kappa shape index (κ3) is 4.09. The van der Waals surface area contributed by atoms with Crippen LogP contribution in [0.5, 0.6) is 11.5 Å². The first-order chi connectivity index (χ1) is 10.4. The molecule has 23 heavy (non-hydrogen) atoms. The fraction of sp³-hybridized carbons (Fsp3) is 0.600. The summed E-state index contributed by atoms with van der Waals surface area (Å²) in [5.74, 6) is 0.958. The highest BCUT2D eigenvalue weighted by atomic mass is 35.5. The summed E-state index contributed by atoms with van der Waals surface area (Å²) in [6.07, 6.45) is 1.85. The van der Waals surface area contributed by atoms with E-state index in [4.69, 9.17) is 9.47 Å². The van der Waals surface area contributed by atoms with Gasteiger partial charge in [0.25, 0.3) is 0 Å². The molecule has 2 rings (SSSR count). The monoisotopic (exact) mass is 364 g/mol. The van der Waals surface area contributed by atoms with E-state index in [1.807, 2.05) is 7.05 Å². The van der Waals surface area contributed by atoms with Crippen LogP contribution in [0, 0.1) is 6.92 Å². The Balaban J connectivity index is 0.00000264. The summed E-state index contributed by atoms with van der Waals surface area (Å²) in [5.41, 5.74) is 0.657. The minimum Gasteiger partial charge on any atom is -0.493 e. The number of nitrogens with one attached hydrogen (secondary N) is 1. The van der Waals surface area contributed by atoms with E-state index in [1.165, 1.54) is 14.2 Å². The van der Waals surface area contributed by atoms with Crippen molar-refractivity contribution in [1.29, 1.82) is 0 Å². The highest BCUT2D eigenvalue weighted by Gasteiger charge is 2.31. The zero-order valence-corrected chi connectivity index (χ0v) is 15.6. The smallest absolute Gasteiger partial charge is 0.243 e. The molecule has 0 bridgehead atoms. The molecule has 0 spiro atoms. The summed E-state index contributed by atoms with van der Waals surface area (Å²) in [6, 6.07) is 3.45. The summed E-state index contributed by atoms with van der Waals surface area (Å²) in [7, 11) is 1.36. The largest absolute Gasteiger partial charge is 0.493 e. The van der Waals surface area contributed by atoms with Crippen molar-refractivity contribution in [2.75, 3.05) is 34.4 Å². The van der Waals surface area contributed by atoms with E-state index in [9.17, 15) is 8.42 Å². The Hall–Kier alpha value is -1.02. The third-order valence-electron chi connectivity index (χ3n) is 4.09. The van der Waals surface area contributed by atoms with Gasteiger partial charge in [0.1, 0.15) is 0 Å². The van der Waals surface area contributed by atoms with Crippen LogP contribution in [0.4, 0.5) is 0 Å². The first kappa shape index (κ1) is 20.0. The molecule has 0 saturated carbocycles. The van der Waals surface area contributed by atoms with Crippen LogP contribution < -0.4 is 14.8 Å². The standard InChI is InChI=1S/C15H24N2O4S.ClH/c1-11-8-13(20-3)14(21-4)9-15(11)22(18,19)17-7-5-6-12(10-17)16-2;/h8-9,12,16H,5-7,10H2,1-4H3;1H. The SMILES string of the molecule is CNC1CCCN(S(=O)(=O)c2cc(OC)c(OC)cc2C)C1.Cl. The molecule has 0 aromatic heterocycles. The maximum Gasteiger partial charge on any atom is 0.243 e. The Morgan fingerprint density at radius 3 is 2.39 bits per heavy atom. The van der Waals surface area contributed by atoms with Crippen molar-refractivity contribution in [2.24, 2.45) is 0 Å². The van der Waals surface area contributed by atoms with Gasteiger partial charge in [-0.05, 0) is 38.4 Å². The molecule has 1 aromatic carbocycles. The third-order valence-corrected chi connectivity index (χ3v) is 6.10. The molecule has 1 unspecified atom stereocenters. The maximum atomic E-state index is 12.9. The highest BCUT2D eigenvalue weighted by Crippen LogP contribution is 2.34. The van der Waals surface area contributed by atoms with Crippen LogP contribution >= 0.6 is 12.4 Å². The molecule has 1 aromatic rings. The fourth-order valence-corrected chi connectivity index (χ4v) is 4.52. The molecule has 0 amide bonds. The second-order valence-electron chi connectivity index (χ2n) is 5.46. The fourth-order valence-electron chi connectivity index (χ4n) is 2.78. The number of methoxy groups -OCH3 is 2. The lowest BCUT2D eigenvalue weighted by molar-refractivity contribution is 0.292. The van der Waals surface area contributed by atoms with Crippen LogP contribution in [-0.2, 0) is 10.0 Å². The zero-order chi connectivity index (χ0) is 16.3. The summed E-state index contributed by atoms with van der Waals surface area (Å²) in [5, 5.41) is 3.16. The number of nitrogens with zero attached hydrogens (tertiary/aromatic N) is 1. The van der Waals surface area contributed by atoms with Gasteiger partial charge in [0.2, 0.25) is 10.0 Å². The van der Waals surface area contributed by atoms with Crippen molar-refractivity contribution in [3.8, 4) is 11.5 Å². The first-order valence-corrected chi connectivity index (χ1v) is 8.78. The number of piperidine rings is 1. The van der Waals surface area contributed by atoms with Gasteiger partial charge < -0.3 is 14.8 Å². The zero-order valence-electron chi connectivity index (χ0n) is 14.0. The predicted molar refractivity (Wildman–Crippen MR) is 92.4 cm³/mol. The molecule has 6 nitrogen and oxygen atoms in total. The average Bonchev–Trinajstić information content (AvgIpc) is 2.54. The Kier molecular flexibility index (Phi) is 7.13. The van der Waals surface area contributed by atoms with Crippen LogP contribution in [-0.4, -0.2) is 53.1 Å². The quantitative estimate of drug-likeness (QED) is 0.863. The van der Waals surface area contributed by atoms with Gasteiger partial charge in [-0.15, -0.1) is 12.4 Å². The lowest BCUT2D eigenvalue weighted by atomic mass is 10.1. The van der Waals surface area contributed by atoms with Crippen LogP contribution in [0.25, 0.3) is 0 Å². The number of aryl methyl sites for hydroxylation is 1. The van der Waals surface area contributed by atoms with E-state index in [0.717, 1.165) is 12.8 Å².